The molecule has 0 bridgehead atoms. The molecule has 1 aromatic heterocycles. The fourth-order valence-electron chi connectivity index (χ4n) is 0.872. The number of allylic oxidation sites excluding steroid dienone is 1. The van der Waals surface area contributed by atoms with Crippen LogP contribution < -0.4 is 5.73 Å². The van der Waals surface area contributed by atoms with E-state index in [1.54, 1.807) is 12.3 Å². The van der Waals surface area contributed by atoms with Crippen molar-refractivity contribution >= 4 is 39.4 Å². The predicted molar refractivity (Wildman–Crippen MR) is 61.1 cm³/mol. The molecule has 0 aliphatic heterocycles. The third-order valence-electron chi connectivity index (χ3n) is 1.49. The highest BCUT2D eigenvalue weighted by Crippen LogP contribution is 2.16. The van der Waals surface area contributed by atoms with Gasteiger partial charge in [0.25, 0.3) is 0 Å². The van der Waals surface area contributed by atoms with Gasteiger partial charge in [-0.25, -0.2) is 4.98 Å². The smallest absolute Gasteiger partial charge is 0.130 e. The van der Waals surface area contributed by atoms with Crippen molar-refractivity contribution in [3.63, 3.8) is 0 Å². The van der Waals surface area contributed by atoms with E-state index in [0.717, 1.165) is 17.3 Å². The number of nitrogens with zero attached hydrogens (tertiary/aromatic N) is 1. The van der Waals surface area contributed by atoms with E-state index in [4.69, 9.17) is 17.3 Å². The number of nitrogen functional groups attached to an aromatic ring is 1. The minimum absolute atomic E-state index is 0.509. The lowest BCUT2D eigenvalue weighted by molar-refractivity contribution is 1.27. The Kier molecular flexibility index (Phi) is 4.25. The van der Waals surface area contributed by atoms with Gasteiger partial charge in [0.15, 0.2) is 0 Å². The number of pyridine rings is 1. The highest BCUT2D eigenvalue weighted by atomic mass is 79.9. The van der Waals surface area contributed by atoms with Crippen LogP contribution in [0.2, 0.25) is 5.02 Å². The maximum atomic E-state index is 5.77. The minimum Gasteiger partial charge on any atom is -0.383 e. The van der Waals surface area contributed by atoms with E-state index in [2.05, 4.69) is 20.9 Å². The van der Waals surface area contributed by atoms with Crippen molar-refractivity contribution in [2.24, 2.45) is 0 Å². The molecule has 2 N–H and O–H groups in total. The van der Waals surface area contributed by atoms with Crippen LogP contribution in [0, 0.1) is 0 Å². The second-order valence-corrected chi connectivity index (χ2v) is 3.74. The first-order valence-electron chi connectivity index (χ1n) is 3.87. The van der Waals surface area contributed by atoms with Crippen LogP contribution in [0.3, 0.4) is 0 Å². The van der Waals surface area contributed by atoms with Crippen molar-refractivity contribution in [3.05, 3.63) is 28.9 Å². The van der Waals surface area contributed by atoms with Crippen LogP contribution in [0.25, 0.3) is 6.08 Å². The Balaban J connectivity index is 2.81. The molecule has 0 atom stereocenters. The van der Waals surface area contributed by atoms with Gasteiger partial charge in [-0.2, -0.15) is 0 Å². The second kappa shape index (κ2) is 5.25. The number of nitrogens with two attached hydrogens (primary N) is 1. The van der Waals surface area contributed by atoms with E-state index in [1.807, 2.05) is 12.2 Å². The molecule has 1 heterocycles. The zero-order valence-electron chi connectivity index (χ0n) is 7.00. The van der Waals surface area contributed by atoms with Crippen LogP contribution in [0.4, 0.5) is 5.82 Å². The maximum Gasteiger partial charge on any atom is 0.130 e. The number of hydrogen-bond acceptors (Lipinski definition) is 2. The standard InChI is InChI=1S/C9H10BrClN2/c10-4-2-1-3-7-5-8(11)6-13-9(7)12/h1,3,5-6H,2,4H2,(H2,12,13)/b3-1+. The van der Waals surface area contributed by atoms with Gasteiger partial charge >= 0.3 is 0 Å². The topological polar surface area (TPSA) is 38.9 Å². The summed E-state index contributed by atoms with van der Waals surface area (Å²) >= 11 is 9.10. The summed E-state index contributed by atoms with van der Waals surface area (Å²) in [4.78, 5) is 3.94. The third-order valence-corrected chi connectivity index (χ3v) is 2.15. The lowest BCUT2D eigenvalue weighted by atomic mass is 10.2. The van der Waals surface area contributed by atoms with Crippen LogP contribution in [-0.2, 0) is 0 Å². The van der Waals surface area contributed by atoms with E-state index < -0.39 is 0 Å². The molecule has 13 heavy (non-hydrogen) atoms. The SMILES string of the molecule is Nc1ncc(Cl)cc1/C=C/CCBr. The second-order valence-electron chi connectivity index (χ2n) is 2.51. The van der Waals surface area contributed by atoms with Crippen LogP contribution in [-0.4, -0.2) is 10.3 Å². The molecule has 2 nitrogen and oxygen atoms in total. The summed E-state index contributed by atoms with van der Waals surface area (Å²) in [6.45, 7) is 0. The number of alkyl halides is 1. The van der Waals surface area contributed by atoms with E-state index in [1.165, 1.54) is 0 Å². The number of aromatic nitrogens is 1. The van der Waals surface area contributed by atoms with Gasteiger partial charge in [0, 0.05) is 17.1 Å². The molecule has 0 unspecified atom stereocenters. The van der Waals surface area contributed by atoms with Crippen LogP contribution in [0.15, 0.2) is 18.3 Å². The quantitative estimate of drug-likeness (QED) is 0.849. The largest absolute Gasteiger partial charge is 0.383 e. The summed E-state index contributed by atoms with van der Waals surface area (Å²) in [5.41, 5.74) is 6.51. The van der Waals surface area contributed by atoms with Crippen LogP contribution in [0.5, 0.6) is 0 Å². The lowest BCUT2D eigenvalue weighted by Gasteiger charge is -1.98. The van der Waals surface area contributed by atoms with E-state index in [9.17, 15) is 0 Å². The fourth-order valence-corrected chi connectivity index (χ4v) is 1.30. The first-order valence-corrected chi connectivity index (χ1v) is 5.37. The normalized spacial score (nSPS) is 10.9. The summed E-state index contributed by atoms with van der Waals surface area (Å²) in [7, 11) is 0. The highest BCUT2D eigenvalue weighted by molar-refractivity contribution is 9.09. The molecule has 4 heteroatoms. The van der Waals surface area contributed by atoms with Crippen molar-refractivity contribution in [2.75, 3.05) is 11.1 Å². The summed E-state index contributed by atoms with van der Waals surface area (Å²) in [5, 5.41) is 1.55. The molecule has 0 aliphatic rings. The summed E-state index contributed by atoms with van der Waals surface area (Å²) < 4.78 is 0. The first-order chi connectivity index (χ1) is 6.24. The van der Waals surface area contributed by atoms with Gasteiger partial charge in [-0.3, -0.25) is 0 Å². The highest BCUT2D eigenvalue weighted by Gasteiger charge is 1.96. The van der Waals surface area contributed by atoms with E-state index in [-0.39, 0.29) is 0 Å². The number of anilines is 1. The molecule has 0 spiro atoms. The van der Waals surface area contributed by atoms with Crippen molar-refractivity contribution in [2.45, 2.75) is 6.42 Å². The van der Waals surface area contributed by atoms with Crippen molar-refractivity contribution in [1.29, 1.82) is 0 Å². The van der Waals surface area contributed by atoms with Crippen molar-refractivity contribution in [1.82, 2.24) is 4.98 Å². The van der Waals surface area contributed by atoms with E-state index >= 15 is 0 Å². The van der Waals surface area contributed by atoms with Crippen LogP contribution in [0.1, 0.15) is 12.0 Å². The Hall–Kier alpha value is -0.540. The Morgan fingerprint density at radius 3 is 3.08 bits per heavy atom. The Labute approximate surface area is 90.9 Å². The zero-order chi connectivity index (χ0) is 9.68. The molecule has 1 aromatic rings. The summed E-state index contributed by atoms with van der Waals surface area (Å²) in [6.07, 6.45) is 6.46. The molecule has 0 aliphatic carbocycles. The van der Waals surface area contributed by atoms with Crippen molar-refractivity contribution in [3.8, 4) is 0 Å². The molecule has 0 saturated carbocycles. The van der Waals surface area contributed by atoms with Crippen molar-refractivity contribution < 1.29 is 0 Å². The molecule has 0 radical (unpaired) electrons. The molecule has 70 valence electrons. The third kappa shape index (κ3) is 3.36. The van der Waals surface area contributed by atoms with Gasteiger partial charge in [0.2, 0.25) is 0 Å². The molecule has 0 saturated heterocycles. The maximum absolute atomic E-state index is 5.77. The minimum atomic E-state index is 0.509. The number of hydrogen-bond donors (Lipinski definition) is 1. The van der Waals surface area contributed by atoms with Gasteiger partial charge in [0.1, 0.15) is 5.82 Å². The van der Waals surface area contributed by atoms with Gasteiger partial charge in [-0.1, -0.05) is 39.7 Å². The van der Waals surface area contributed by atoms with Gasteiger partial charge in [0.05, 0.1) is 5.02 Å². The molecular weight excluding hydrogens is 251 g/mol. The monoisotopic (exact) mass is 260 g/mol. The molecule has 0 fully saturated rings. The summed E-state index contributed by atoms with van der Waals surface area (Å²) in [5.74, 6) is 0.509. The lowest BCUT2D eigenvalue weighted by Crippen LogP contribution is -1.92. The average molecular weight is 262 g/mol. The molecule has 0 aromatic carbocycles. The summed E-state index contributed by atoms with van der Waals surface area (Å²) in [6, 6.07) is 1.80. The van der Waals surface area contributed by atoms with Gasteiger partial charge in [-0.05, 0) is 12.5 Å². The van der Waals surface area contributed by atoms with Gasteiger partial charge < -0.3 is 5.73 Å². The number of rotatable bonds is 3. The van der Waals surface area contributed by atoms with Crippen LogP contribution >= 0.6 is 27.5 Å². The fraction of sp³-hybridized carbons (Fsp3) is 0.222. The zero-order valence-corrected chi connectivity index (χ0v) is 9.35. The molecule has 0 amide bonds. The Bertz CT molecular complexity index is 312. The molecular formula is C9H10BrClN2. The number of halogens is 2. The first kappa shape index (κ1) is 10.5. The van der Waals surface area contributed by atoms with Gasteiger partial charge in [-0.15, -0.1) is 0 Å². The predicted octanol–water partition coefficient (Wildman–Crippen LogP) is 3.12. The Morgan fingerprint density at radius 2 is 2.38 bits per heavy atom. The average Bonchev–Trinajstić information content (AvgIpc) is 2.11. The van der Waals surface area contributed by atoms with E-state index in [0.29, 0.717) is 10.8 Å². The molecule has 1 rings (SSSR count). The Morgan fingerprint density at radius 1 is 1.62 bits per heavy atom.